The van der Waals surface area contributed by atoms with E-state index in [2.05, 4.69) is 16.8 Å². The van der Waals surface area contributed by atoms with Crippen LogP contribution in [-0.4, -0.2) is 31.2 Å². The third kappa shape index (κ3) is 2.93. The Morgan fingerprint density at radius 3 is 2.72 bits per heavy atom. The number of nitrogens with two attached hydrogens (primary N) is 1. The molecule has 0 atom stereocenters. The lowest BCUT2D eigenvalue weighted by Gasteiger charge is -2.39. The van der Waals surface area contributed by atoms with Crippen molar-refractivity contribution in [3.8, 4) is 5.88 Å². The van der Waals surface area contributed by atoms with Crippen molar-refractivity contribution in [1.29, 1.82) is 0 Å². The Morgan fingerprint density at radius 2 is 2.11 bits per heavy atom. The number of hydrogen-bond donors (Lipinski definition) is 1. The maximum Gasteiger partial charge on any atom is 0.215 e. The molecular weight excluding hydrogens is 226 g/mol. The van der Waals surface area contributed by atoms with E-state index in [-0.39, 0.29) is 0 Å². The molecular formula is C14H23N3O. The molecule has 2 heterocycles. The minimum absolute atomic E-state index is 0.300. The topological polar surface area (TPSA) is 51.4 Å². The molecule has 1 aromatic heterocycles. The molecule has 1 aliphatic heterocycles. The van der Waals surface area contributed by atoms with Crippen LogP contribution in [0, 0.1) is 5.41 Å². The normalized spacial score (nSPS) is 18.7. The highest BCUT2D eigenvalue weighted by Gasteiger charge is 2.29. The Balaban J connectivity index is 2.03. The molecule has 1 aliphatic rings. The molecule has 2 rings (SSSR count). The van der Waals surface area contributed by atoms with Crippen LogP contribution < -0.4 is 15.4 Å². The molecule has 18 heavy (non-hydrogen) atoms. The van der Waals surface area contributed by atoms with Crippen LogP contribution in [0.15, 0.2) is 18.2 Å². The van der Waals surface area contributed by atoms with Crippen molar-refractivity contribution >= 4 is 5.82 Å². The monoisotopic (exact) mass is 249 g/mol. The molecule has 0 amide bonds. The Labute approximate surface area is 109 Å². The number of ether oxygens (including phenoxy) is 1. The number of nitrogens with zero attached hydrogens (tertiary/aromatic N) is 2. The summed E-state index contributed by atoms with van der Waals surface area (Å²) in [7, 11) is 0. The van der Waals surface area contributed by atoms with Crippen LogP contribution in [-0.2, 0) is 0 Å². The van der Waals surface area contributed by atoms with Gasteiger partial charge in [0.1, 0.15) is 5.82 Å². The molecule has 0 saturated carbocycles. The van der Waals surface area contributed by atoms with Crippen molar-refractivity contribution in [2.45, 2.75) is 26.7 Å². The predicted octanol–water partition coefficient (Wildman–Crippen LogP) is 2.05. The van der Waals surface area contributed by atoms with Crippen molar-refractivity contribution in [2.75, 3.05) is 31.1 Å². The van der Waals surface area contributed by atoms with Crippen molar-refractivity contribution < 1.29 is 4.74 Å². The van der Waals surface area contributed by atoms with Crippen molar-refractivity contribution in [3.05, 3.63) is 18.2 Å². The first kappa shape index (κ1) is 13.1. The fraction of sp³-hybridized carbons (Fsp3) is 0.643. The van der Waals surface area contributed by atoms with Gasteiger partial charge < -0.3 is 15.4 Å². The molecule has 0 bridgehead atoms. The highest BCUT2D eigenvalue weighted by molar-refractivity contribution is 5.41. The highest BCUT2D eigenvalue weighted by Crippen LogP contribution is 2.31. The van der Waals surface area contributed by atoms with Crippen LogP contribution in [0.2, 0.25) is 0 Å². The molecule has 0 aliphatic carbocycles. The van der Waals surface area contributed by atoms with E-state index in [0.717, 1.165) is 38.3 Å². The third-order valence-corrected chi connectivity index (χ3v) is 3.79. The number of aromatic nitrogens is 1. The van der Waals surface area contributed by atoms with E-state index in [1.807, 2.05) is 25.1 Å². The molecule has 2 N–H and O–H groups in total. The van der Waals surface area contributed by atoms with Gasteiger partial charge in [0.25, 0.3) is 0 Å². The second-order valence-corrected chi connectivity index (χ2v) is 5.27. The summed E-state index contributed by atoms with van der Waals surface area (Å²) in [4.78, 5) is 6.85. The van der Waals surface area contributed by atoms with Gasteiger partial charge in [-0.05, 0) is 37.8 Å². The number of pyridine rings is 1. The van der Waals surface area contributed by atoms with E-state index in [1.54, 1.807) is 0 Å². The van der Waals surface area contributed by atoms with E-state index >= 15 is 0 Å². The summed E-state index contributed by atoms with van der Waals surface area (Å²) in [5.41, 5.74) is 6.13. The molecule has 100 valence electrons. The first-order valence-corrected chi connectivity index (χ1v) is 6.72. The quantitative estimate of drug-likeness (QED) is 0.887. The second-order valence-electron chi connectivity index (χ2n) is 5.27. The summed E-state index contributed by atoms with van der Waals surface area (Å²) in [5.74, 6) is 1.72. The molecule has 1 saturated heterocycles. The molecule has 4 heteroatoms. The van der Waals surface area contributed by atoms with Gasteiger partial charge in [0.05, 0.1) is 6.61 Å². The van der Waals surface area contributed by atoms with Gasteiger partial charge in [0, 0.05) is 19.2 Å². The Hall–Kier alpha value is -1.29. The van der Waals surface area contributed by atoms with Crippen molar-refractivity contribution in [3.63, 3.8) is 0 Å². The number of piperidine rings is 1. The van der Waals surface area contributed by atoms with E-state index < -0.39 is 0 Å². The average Bonchev–Trinajstić information content (AvgIpc) is 2.40. The zero-order valence-corrected chi connectivity index (χ0v) is 11.4. The molecule has 1 fully saturated rings. The van der Waals surface area contributed by atoms with Gasteiger partial charge in [-0.2, -0.15) is 4.98 Å². The van der Waals surface area contributed by atoms with Crippen LogP contribution >= 0.6 is 0 Å². The Bertz CT molecular complexity index is 386. The van der Waals surface area contributed by atoms with E-state index in [4.69, 9.17) is 10.5 Å². The summed E-state index contributed by atoms with van der Waals surface area (Å²) < 4.78 is 5.44. The van der Waals surface area contributed by atoms with Crippen molar-refractivity contribution in [1.82, 2.24) is 4.98 Å². The zero-order valence-electron chi connectivity index (χ0n) is 11.4. The van der Waals surface area contributed by atoms with Gasteiger partial charge in [-0.15, -0.1) is 0 Å². The van der Waals surface area contributed by atoms with E-state index in [9.17, 15) is 0 Å². The first-order chi connectivity index (χ1) is 8.67. The van der Waals surface area contributed by atoms with E-state index in [1.165, 1.54) is 0 Å². The summed E-state index contributed by atoms with van der Waals surface area (Å²) in [6, 6.07) is 5.96. The van der Waals surface area contributed by atoms with Gasteiger partial charge >= 0.3 is 0 Å². The van der Waals surface area contributed by atoms with Gasteiger partial charge in [0.2, 0.25) is 5.88 Å². The van der Waals surface area contributed by atoms with Gasteiger partial charge in [-0.1, -0.05) is 13.0 Å². The summed E-state index contributed by atoms with van der Waals surface area (Å²) in [5, 5.41) is 0. The Kier molecular flexibility index (Phi) is 4.07. The lowest BCUT2D eigenvalue weighted by Crippen LogP contribution is -2.42. The van der Waals surface area contributed by atoms with Crippen LogP contribution in [0.1, 0.15) is 26.7 Å². The molecule has 4 nitrogen and oxygen atoms in total. The van der Waals surface area contributed by atoms with E-state index in [0.29, 0.717) is 17.9 Å². The third-order valence-electron chi connectivity index (χ3n) is 3.79. The maximum atomic E-state index is 5.83. The average molecular weight is 249 g/mol. The van der Waals surface area contributed by atoms with Crippen LogP contribution in [0.5, 0.6) is 5.88 Å². The zero-order chi connectivity index (χ0) is 13.0. The Morgan fingerprint density at radius 1 is 1.39 bits per heavy atom. The van der Waals surface area contributed by atoms with Crippen LogP contribution in [0.25, 0.3) is 0 Å². The molecule has 0 aromatic carbocycles. The summed E-state index contributed by atoms with van der Waals surface area (Å²) in [6.45, 7) is 7.72. The largest absolute Gasteiger partial charge is 0.478 e. The second kappa shape index (κ2) is 5.57. The minimum Gasteiger partial charge on any atom is -0.478 e. The lowest BCUT2D eigenvalue weighted by molar-refractivity contribution is 0.257. The first-order valence-electron chi connectivity index (χ1n) is 6.72. The van der Waals surface area contributed by atoms with Crippen LogP contribution in [0.4, 0.5) is 5.82 Å². The lowest BCUT2D eigenvalue weighted by atomic mass is 9.80. The fourth-order valence-electron chi connectivity index (χ4n) is 2.29. The maximum absolute atomic E-state index is 5.83. The predicted molar refractivity (Wildman–Crippen MR) is 74.0 cm³/mol. The van der Waals surface area contributed by atoms with Crippen molar-refractivity contribution in [2.24, 2.45) is 11.1 Å². The molecule has 1 aromatic rings. The summed E-state index contributed by atoms with van der Waals surface area (Å²) in [6.07, 6.45) is 2.26. The minimum atomic E-state index is 0.300. The van der Waals surface area contributed by atoms with Gasteiger partial charge in [-0.25, -0.2) is 0 Å². The smallest absolute Gasteiger partial charge is 0.215 e. The number of hydrogen-bond acceptors (Lipinski definition) is 4. The number of rotatable bonds is 4. The standard InChI is InChI=1S/C14H23N3O/c1-3-18-13-6-4-5-12(16-13)17-9-7-14(2,11-15)8-10-17/h4-6H,3,7-11,15H2,1-2H3. The summed E-state index contributed by atoms with van der Waals surface area (Å²) >= 11 is 0. The molecule has 0 radical (unpaired) electrons. The van der Waals surface area contributed by atoms with Gasteiger partial charge in [-0.3, -0.25) is 0 Å². The number of anilines is 1. The SMILES string of the molecule is CCOc1cccc(N2CCC(C)(CN)CC2)n1. The highest BCUT2D eigenvalue weighted by atomic mass is 16.5. The van der Waals surface area contributed by atoms with Gasteiger partial charge in [0.15, 0.2) is 0 Å². The van der Waals surface area contributed by atoms with Crippen LogP contribution in [0.3, 0.4) is 0 Å². The fourth-order valence-corrected chi connectivity index (χ4v) is 2.29. The molecule has 0 unspecified atom stereocenters. The molecule has 0 spiro atoms.